The third-order valence-electron chi connectivity index (χ3n) is 4.95. The van der Waals surface area contributed by atoms with Crippen LogP contribution in [-0.2, 0) is 14.3 Å². The Morgan fingerprint density at radius 1 is 1.32 bits per heavy atom. The lowest BCUT2D eigenvalue weighted by Crippen LogP contribution is -2.37. The van der Waals surface area contributed by atoms with Gasteiger partial charge in [-0.1, -0.05) is 37.9 Å². The highest BCUT2D eigenvalue weighted by Crippen LogP contribution is 2.45. The third kappa shape index (κ3) is 4.22. The van der Waals surface area contributed by atoms with Crippen LogP contribution in [0.25, 0.3) is 0 Å². The van der Waals surface area contributed by atoms with Crippen LogP contribution in [0.5, 0.6) is 0 Å². The standard InChI is InChI=1S/C19H28N2O3S/c1-12(2)24-19(23)17-13(3)10-21-15(11-25-18(17)21)9-16(22)20-14-7-5-4-6-8-14/h11-14H,4-10H2,1-3H3,(H,20,22). The molecular formula is C19H28N2O3S. The molecule has 0 radical (unpaired) electrons. The minimum Gasteiger partial charge on any atom is -0.460 e. The molecule has 3 rings (SSSR count). The Balaban J connectivity index is 1.61. The Hall–Kier alpha value is -1.43. The molecular weight excluding hydrogens is 336 g/mol. The Bertz CT molecular complexity index is 606. The van der Waals surface area contributed by atoms with Gasteiger partial charge >= 0.3 is 5.97 Å². The van der Waals surface area contributed by atoms with Crippen LogP contribution in [0.15, 0.2) is 21.7 Å². The van der Waals surface area contributed by atoms with Crippen LogP contribution in [0.2, 0.25) is 0 Å². The van der Waals surface area contributed by atoms with Crippen LogP contribution in [0.3, 0.4) is 0 Å². The van der Waals surface area contributed by atoms with E-state index >= 15 is 0 Å². The average Bonchev–Trinajstić information content (AvgIpc) is 3.06. The maximum absolute atomic E-state index is 12.4. The molecule has 1 aliphatic carbocycles. The number of hydrogen-bond donors (Lipinski definition) is 1. The van der Waals surface area contributed by atoms with Crippen molar-refractivity contribution in [2.45, 2.75) is 71.4 Å². The van der Waals surface area contributed by atoms with E-state index in [4.69, 9.17) is 4.74 Å². The molecule has 0 saturated heterocycles. The summed E-state index contributed by atoms with van der Waals surface area (Å²) in [5.74, 6) is -0.0153. The van der Waals surface area contributed by atoms with E-state index < -0.39 is 0 Å². The molecule has 0 spiro atoms. The summed E-state index contributed by atoms with van der Waals surface area (Å²) in [6.45, 7) is 6.51. The molecule has 0 aromatic heterocycles. The van der Waals surface area contributed by atoms with Crippen molar-refractivity contribution in [3.05, 3.63) is 21.7 Å². The van der Waals surface area contributed by atoms with Crippen molar-refractivity contribution in [3.63, 3.8) is 0 Å². The first-order valence-corrected chi connectivity index (χ1v) is 10.2. The van der Waals surface area contributed by atoms with E-state index in [0.29, 0.717) is 12.5 Å². The summed E-state index contributed by atoms with van der Waals surface area (Å²) in [5, 5.41) is 6.12. The highest BCUT2D eigenvalue weighted by atomic mass is 32.2. The maximum Gasteiger partial charge on any atom is 0.337 e. The van der Waals surface area contributed by atoms with E-state index in [9.17, 15) is 9.59 Å². The number of hydrogen-bond acceptors (Lipinski definition) is 5. The van der Waals surface area contributed by atoms with Gasteiger partial charge in [0.25, 0.3) is 0 Å². The lowest BCUT2D eigenvalue weighted by atomic mass is 9.95. The molecule has 5 nitrogen and oxygen atoms in total. The minimum atomic E-state index is -0.228. The maximum atomic E-state index is 12.4. The van der Waals surface area contributed by atoms with Crippen molar-refractivity contribution < 1.29 is 14.3 Å². The second-order valence-electron chi connectivity index (χ2n) is 7.49. The van der Waals surface area contributed by atoms with Gasteiger partial charge < -0.3 is 15.0 Å². The van der Waals surface area contributed by atoms with Crippen molar-refractivity contribution >= 4 is 23.6 Å². The fourth-order valence-electron chi connectivity index (χ4n) is 3.76. The van der Waals surface area contributed by atoms with Crippen LogP contribution < -0.4 is 5.32 Å². The van der Waals surface area contributed by atoms with Crippen molar-refractivity contribution in [1.29, 1.82) is 0 Å². The van der Waals surface area contributed by atoms with Gasteiger partial charge in [0, 0.05) is 24.2 Å². The Kier molecular flexibility index (Phi) is 5.77. The lowest BCUT2D eigenvalue weighted by molar-refractivity contribution is -0.143. The molecule has 3 aliphatic rings. The highest BCUT2D eigenvalue weighted by molar-refractivity contribution is 8.06. The summed E-state index contributed by atoms with van der Waals surface area (Å²) in [6, 6.07) is 0.333. The Morgan fingerprint density at radius 2 is 2.04 bits per heavy atom. The summed E-state index contributed by atoms with van der Waals surface area (Å²) in [7, 11) is 0. The summed E-state index contributed by atoms with van der Waals surface area (Å²) in [4.78, 5) is 26.9. The highest BCUT2D eigenvalue weighted by Gasteiger charge is 2.39. The minimum absolute atomic E-state index is 0.0888. The largest absolute Gasteiger partial charge is 0.460 e. The van der Waals surface area contributed by atoms with Gasteiger partial charge in [-0.15, -0.1) is 0 Å². The number of nitrogens with zero attached hydrogens (tertiary/aromatic N) is 1. The molecule has 6 heteroatoms. The average molecular weight is 365 g/mol. The van der Waals surface area contributed by atoms with Crippen LogP contribution in [0, 0.1) is 5.92 Å². The lowest BCUT2D eigenvalue weighted by Gasteiger charge is -2.24. The topological polar surface area (TPSA) is 58.6 Å². The van der Waals surface area contributed by atoms with Gasteiger partial charge in [-0.05, 0) is 32.1 Å². The first kappa shape index (κ1) is 18.4. The van der Waals surface area contributed by atoms with Crippen LogP contribution in [-0.4, -0.2) is 35.5 Å². The zero-order valence-corrected chi connectivity index (χ0v) is 16.2. The van der Waals surface area contributed by atoms with Gasteiger partial charge in [0.05, 0.1) is 23.1 Å². The monoisotopic (exact) mass is 364 g/mol. The molecule has 2 aliphatic heterocycles. The first-order chi connectivity index (χ1) is 12.0. The number of esters is 1. The zero-order valence-electron chi connectivity index (χ0n) is 15.3. The fraction of sp³-hybridized carbons (Fsp3) is 0.684. The first-order valence-electron chi connectivity index (χ1n) is 9.33. The molecule has 0 aromatic rings. The quantitative estimate of drug-likeness (QED) is 0.756. The summed E-state index contributed by atoms with van der Waals surface area (Å²) >= 11 is 1.54. The van der Waals surface area contributed by atoms with Crippen LogP contribution >= 0.6 is 11.8 Å². The van der Waals surface area contributed by atoms with Gasteiger partial charge in [-0.2, -0.15) is 0 Å². The van der Waals surface area contributed by atoms with Crippen molar-refractivity contribution in [2.75, 3.05) is 6.54 Å². The Labute approximate surface area is 154 Å². The number of ether oxygens (including phenoxy) is 1. The predicted octanol–water partition coefficient (Wildman–Crippen LogP) is 3.53. The smallest absolute Gasteiger partial charge is 0.337 e. The van der Waals surface area contributed by atoms with E-state index in [1.807, 2.05) is 26.2 Å². The molecule has 2 heterocycles. The molecule has 1 unspecified atom stereocenters. The van der Waals surface area contributed by atoms with E-state index in [0.717, 1.165) is 35.7 Å². The van der Waals surface area contributed by atoms with Gasteiger partial charge in [0.2, 0.25) is 5.91 Å². The van der Waals surface area contributed by atoms with Gasteiger partial charge in [-0.3, -0.25) is 4.79 Å². The Morgan fingerprint density at radius 3 is 2.72 bits per heavy atom. The second-order valence-corrected chi connectivity index (χ2v) is 8.35. The summed E-state index contributed by atoms with van der Waals surface area (Å²) in [6.07, 6.45) is 6.15. The normalized spacial score (nSPS) is 23.8. The third-order valence-corrected chi connectivity index (χ3v) is 6.01. The number of thioether (sulfide) groups is 1. The molecule has 138 valence electrons. The van der Waals surface area contributed by atoms with E-state index in [1.165, 1.54) is 31.0 Å². The molecule has 1 amide bonds. The molecule has 1 saturated carbocycles. The van der Waals surface area contributed by atoms with Crippen molar-refractivity contribution in [3.8, 4) is 0 Å². The second kappa shape index (κ2) is 7.85. The SMILES string of the molecule is CC(C)OC(=O)C1=C2SC=C(CC(=O)NC3CCCCC3)N2CC1C. The van der Waals surface area contributed by atoms with Gasteiger partial charge in [-0.25, -0.2) is 4.79 Å². The predicted molar refractivity (Wildman–Crippen MR) is 99.4 cm³/mol. The number of carbonyl (C=O) groups excluding carboxylic acids is 2. The fourth-order valence-corrected chi connectivity index (χ4v) is 4.95. The molecule has 25 heavy (non-hydrogen) atoms. The number of rotatable bonds is 5. The van der Waals surface area contributed by atoms with Crippen LogP contribution in [0.4, 0.5) is 0 Å². The van der Waals surface area contributed by atoms with E-state index in [1.54, 1.807) is 0 Å². The molecule has 1 atom stereocenters. The van der Waals surface area contributed by atoms with Crippen molar-refractivity contribution in [1.82, 2.24) is 10.2 Å². The molecule has 1 fully saturated rings. The summed E-state index contributed by atoms with van der Waals surface area (Å²) < 4.78 is 5.39. The number of carbonyl (C=O) groups is 2. The molecule has 0 bridgehead atoms. The molecule has 0 aromatic carbocycles. The van der Waals surface area contributed by atoms with E-state index in [2.05, 4.69) is 10.2 Å². The number of nitrogens with one attached hydrogen (secondary N) is 1. The molecule has 1 N–H and O–H groups in total. The van der Waals surface area contributed by atoms with Crippen LogP contribution in [0.1, 0.15) is 59.3 Å². The number of amides is 1. The number of fused-ring (bicyclic) bond motifs is 1. The zero-order chi connectivity index (χ0) is 18.0. The summed E-state index contributed by atoms with van der Waals surface area (Å²) in [5.41, 5.74) is 1.74. The van der Waals surface area contributed by atoms with E-state index in [-0.39, 0.29) is 23.9 Å². The van der Waals surface area contributed by atoms with Gasteiger partial charge in [0.15, 0.2) is 0 Å². The van der Waals surface area contributed by atoms with Crippen molar-refractivity contribution in [2.24, 2.45) is 5.92 Å². The van der Waals surface area contributed by atoms with Gasteiger partial charge in [0.1, 0.15) is 0 Å².